The van der Waals surface area contributed by atoms with Gasteiger partial charge in [0.1, 0.15) is 5.37 Å². The van der Waals surface area contributed by atoms with Crippen LogP contribution in [-0.2, 0) is 14.6 Å². The molecule has 1 atom stereocenters. The maximum Gasteiger partial charge on any atom is 0.246 e. The minimum Gasteiger partial charge on any atom is -0.350 e. The summed E-state index contributed by atoms with van der Waals surface area (Å²) in [6.45, 7) is 6.55. The van der Waals surface area contributed by atoms with Crippen LogP contribution in [0.15, 0.2) is 41.3 Å². The molecule has 1 aromatic carbocycles. The quantitative estimate of drug-likeness (QED) is 0.780. The van der Waals surface area contributed by atoms with E-state index < -0.39 is 21.1 Å². The van der Waals surface area contributed by atoms with Gasteiger partial charge in [-0.25, -0.2) is 8.42 Å². The lowest BCUT2D eigenvalue weighted by molar-refractivity contribution is -0.117. The number of hydrogen-bond acceptors (Lipinski definition) is 4. The Bertz CT molecular complexity index is 594. The largest absolute Gasteiger partial charge is 0.350 e. The SMILES string of the molecule is C=C(C)C(=O)NCC(N)S(=O)(=O)c1ccccc1C. The first-order chi connectivity index (χ1) is 8.76. The Balaban J connectivity index is 2.87. The molecule has 1 unspecified atom stereocenters. The topological polar surface area (TPSA) is 89.3 Å². The lowest BCUT2D eigenvalue weighted by Crippen LogP contribution is -2.42. The zero-order valence-corrected chi connectivity index (χ0v) is 11.8. The van der Waals surface area contributed by atoms with Crippen molar-refractivity contribution in [3.05, 3.63) is 42.0 Å². The number of nitrogens with one attached hydrogen (secondary N) is 1. The number of sulfone groups is 1. The maximum absolute atomic E-state index is 12.2. The molecule has 0 aliphatic rings. The molecule has 1 aromatic rings. The number of nitrogens with two attached hydrogens (primary N) is 1. The molecule has 6 heteroatoms. The number of rotatable bonds is 5. The summed E-state index contributed by atoms with van der Waals surface area (Å²) in [5, 5.41) is 1.25. The van der Waals surface area contributed by atoms with Gasteiger partial charge in [0.15, 0.2) is 9.84 Å². The monoisotopic (exact) mass is 282 g/mol. The van der Waals surface area contributed by atoms with Gasteiger partial charge in [-0.05, 0) is 25.5 Å². The second kappa shape index (κ2) is 5.99. The number of hydrogen-bond donors (Lipinski definition) is 2. The summed E-state index contributed by atoms with van der Waals surface area (Å²) in [4.78, 5) is 11.5. The van der Waals surface area contributed by atoms with Crippen LogP contribution in [0.2, 0.25) is 0 Å². The molecule has 3 N–H and O–H groups in total. The maximum atomic E-state index is 12.2. The molecule has 0 saturated heterocycles. The van der Waals surface area contributed by atoms with Gasteiger partial charge in [0, 0.05) is 12.1 Å². The van der Waals surface area contributed by atoms with E-state index in [4.69, 9.17) is 5.73 Å². The fourth-order valence-electron chi connectivity index (χ4n) is 1.49. The molecule has 0 bridgehead atoms. The van der Waals surface area contributed by atoms with E-state index in [2.05, 4.69) is 11.9 Å². The molecule has 0 fully saturated rings. The molecular formula is C13H18N2O3S. The van der Waals surface area contributed by atoms with Crippen LogP contribution in [0.1, 0.15) is 12.5 Å². The molecule has 0 radical (unpaired) electrons. The lowest BCUT2D eigenvalue weighted by atomic mass is 10.2. The summed E-state index contributed by atoms with van der Waals surface area (Å²) in [5.74, 6) is -0.407. The second-order valence-electron chi connectivity index (χ2n) is 4.34. The average Bonchev–Trinajstić information content (AvgIpc) is 2.35. The van der Waals surface area contributed by atoms with Crippen LogP contribution in [-0.4, -0.2) is 26.2 Å². The fraction of sp³-hybridized carbons (Fsp3) is 0.308. The zero-order chi connectivity index (χ0) is 14.6. The van der Waals surface area contributed by atoms with Crippen LogP contribution in [0.3, 0.4) is 0 Å². The first-order valence-electron chi connectivity index (χ1n) is 5.75. The summed E-state index contributed by atoms with van der Waals surface area (Å²) >= 11 is 0. The van der Waals surface area contributed by atoms with Crippen molar-refractivity contribution in [1.29, 1.82) is 0 Å². The van der Waals surface area contributed by atoms with Gasteiger partial charge in [-0.2, -0.15) is 0 Å². The number of benzene rings is 1. The third-order valence-electron chi connectivity index (χ3n) is 2.65. The highest BCUT2D eigenvalue weighted by Gasteiger charge is 2.25. The summed E-state index contributed by atoms with van der Waals surface area (Å²) < 4.78 is 24.5. The van der Waals surface area contributed by atoms with Crippen LogP contribution in [0.4, 0.5) is 0 Å². The van der Waals surface area contributed by atoms with E-state index in [1.165, 1.54) is 13.0 Å². The molecule has 19 heavy (non-hydrogen) atoms. The summed E-state index contributed by atoms with van der Waals surface area (Å²) in [6.07, 6.45) is 0. The molecule has 5 nitrogen and oxygen atoms in total. The molecule has 0 aliphatic carbocycles. The van der Waals surface area contributed by atoms with Crippen LogP contribution >= 0.6 is 0 Å². The zero-order valence-electron chi connectivity index (χ0n) is 11.0. The smallest absolute Gasteiger partial charge is 0.246 e. The minimum absolute atomic E-state index is 0.150. The standard InChI is InChI=1S/C13H18N2O3S/c1-9(2)13(16)15-8-12(14)19(17,18)11-7-5-4-6-10(11)3/h4-7,12H,1,8,14H2,2-3H3,(H,15,16). The highest BCUT2D eigenvalue weighted by atomic mass is 32.2. The van der Waals surface area contributed by atoms with Crippen molar-refractivity contribution in [3.63, 3.8) is 0 Å². The molecule has 0 heterocycles. The summed E-state index contributed by atoms with van der Waals surface area (Å²) in [7, 11) is -3.66. The average molecular weight is 282 g/mol. The Morgan fingerprint density at radius 2 is 2.00 bits per heavy atom. The number of aryl methyl sites for hydroxylation is 1. The molecule has 0 aromatic heterocycles. The Labute approximate surface area is 113 Å². The highest BCUT2D eigenvalue weighted by molar-refractivity contribution is 7.92. The number of carbonyl (C=O) groups is 1. The van der Waals surface area contributed by atoms with Crippen molar-refractivity contribution in [2.45, 2.75) is 24.1 Å². The highest BCUT2D eigenvalue weighted by Crippen LogP contribution is 2.17. The van der Waals surface area contributed by atoms with E-state index in [1.807, 2.05) is 0 Å². The van der Waals surface area contributed by atoms with E-state index in [0.717, 1.165) is 0 Å². The third-order valence-corrected chi connectivity index (χ3v) is 4.69. The Morgan fingerprint density at radius 1 is 1.42 bits per heavy atom. The van der Waals surface area contributed by atoms with Gasteiger partial charge in [-0.15, -0.1) is 0 Å². The van der Waals surface area contributed by atoms with Crippen LogP contribution in [0, 0.1) is 6.92 Å². The van der Waals surface area contributed by atoms with E-state index in [9.17, 15) is 13.2 Å². The predicted molar refractivity (Wildman–Crippen MR) is 74.2 cm³/mol. The van der Waals surface area contributed by atoms with Crippen LogP contribution in [0.25, 0.3) is 0 Å². The van der Waals surface area contributed by atoms with Gasteiger partial charge >= 0.3 is 0 Å². The second-order valence-corrected chi connectivity index (χ2v) is 6.47. The van der Waals surface area contributed by atoms with Gasteiger partial charge < -0.3 is 11.1 Å². The van der Waals surface area contributed by atoms with Crippen LogP contribution < -0.4 is 11.1 Å². The van der Waals surface area contributed by atoms with E-state index >= 15 is 0 Å². The third kappa shape index (κ3) is 3.65. The van der Waals surface area contributed by atoms with Crippen molar-refractivity contribution in [2.24, 2.45) is 5.73 Å². The van der Waals surface area contributed by atoms with Crippen LogP contribution in [0.5, 0.6) is 0 Å². The molecule has 0 aliphatic heterocycles. The fourth-order valence-corrected chi connectivity index (χ4v) is 2.91. The number of amides is 1. The molecule has 0 saturated carbocycles. The van der Waals surface area contributed by atoms with Gasteiger partial charge in [-0.3, -0.25) is 4.79 Å². The lowest BCUT2D eigenvalue weighted by Gasteiger charge is -2.15. The molecule has 1 rings (SSSR count). The van der Waals surface area contributed by atoms with Crippen molar-refractivity contribution < 1.29 is 13.2 Å². The molecule has 1 amide bonds. The Kier molecular flexibility index (Phi) is 4.85. The summed E-state index contributed by atoms with van der Waals surface area (Å²) in [6, 6.07) is 6.60. The van der Waals surface area contributed by atoms with Gasteiger partial charge in [-0.1, -0.05) is 24.8 Å². The first kappa shape index (κ1) is 15.4. The van der Waals surface area contributed by atoms with Gasteiger partial charge in [0.05, 0.1) is 4.90 Å². The van der Waals surface area contributed by atoms with Crippen molar-refractivity contribution in [1.82, 2.24) is 5.32 Å². The Morgan fingerprint density at radius 3 is 2.53 bits per heavy atom. The first-order valence-corrected chi connectivity index (χ1v) is 7.30. The van der Waals surface area contributed by atoms with E-state index in [-0.39, 0.29) is 11.4 Å². The van der Waals surface area contributed by atoms with Gasteiger partial charge in [0.25, 0.3) is 0 Å². The number of carbonyl (C=O) groups excluding carboxylic acids is 1. The van der Waals surface area contributed by atoms with Gasteiger partial charge in [0.2, 0.25) is 5.91 Å². The summed E-state index contributed by atoms with van der Waals surface area (Å²) in [5.41, 5.74) is 6.60. The van der Waals surface area contributed by atoms with E-state index in [1.54, 1.807) is 25.1 Å². The van der Waals surface area contributed by atoms with Crippen molar-refractivity contribution >= 4 is 15.7 Å². The van der Waals surface area contributed by atoms with Crippen molar-refractivity contribution in [3.8, 4) is 0 Å². The Hall–Kier alpha value is -1.66. The minimum atomic E-state index is -3.66. The predicted octanol–water partition coefficient (Wildman–Crippen LogP) is 0.746. The normalized spacial score (nSPS) is 12.8. The van der Waals surface area contributed by atoms with E-state index in [0.29, 0.717) is 11.1 Å². The molecular weight excluding hydrogens is 264 g/mol. The molecule has 104 valence electrons. The molecule has 0 spiro atoms. The van der Waals surface area contributed by atoms with Crippen molar-refractivity contribution in [2.75, 3.05) is 6.54 Å².